The first-order valence-electron chi connectivity index (χ1n) is 7.50. The highest BCUT2D eigenvalue weighted by molar-refractivity contribution is 7.98. The Labute approximate surface area is 142 Å². The van der Waals surface area contributed by atoms with E-state index in [2.05, 4.69) is 27.5 Å². The predicted octanol–water partition coefficient (Wildman–Crippen LogP) is 3.27. The number of nitrogens with zero attached hydrogens (tertiary/aromatic N) is 5. The summed E-state index contributed by atoms with van der Waals surface area (Å²) < 4.78 is 7.37. The minimum atomic E-state index is 0.648. The molecule has 0 N–H and O–H groups in total. The molecule has 120 valence electrons. The Morgan fingerprint density at radius 3 is 3.17 bits per heavy atom. The van der Waals surface area contributed by atoms with Crippen LogP contribution in [-0.2, 0) is 12.3 Å². The number of rotatable bonds is 7. The van der Waals surface area contributed by atoms with Crippen molar-refractivity contribution in [3.05, 3.63) is 41.6 Å². The van der Waals surface area contributed by atoms with Crippen LogP contribution in [0.1, 0.15) is 24.3 Å². The predicted molar refractivity (Wildman–Crippen MR) is 90.9 cm³/mol. The zero-order valence-corrected chi connectivity index (χ0v) is 14.4. The molecule has 0 radical (unpaired) electrons. The molecule has 0 saturated heterocycles. The van der Waals surface area contributed by atoms with E-state index in [4.69, 9.17) is 9.40 Å². The molecule has 6 nitrogen and oxygen atoms in total. The van der Waals surface area contributed by atoms with Gasteiger partial charge in [0.15, 0.2) is 10.3 Å². The van der Waals surface area contributed by atoms with E-state index in [0.717, 1.165) is 27.5 Å². The number of thiazole rings is 1. The topological polar surface area (TPSA) is 60.0 Å². The van der Waals surface area contributed by atoms with Crippen LogP contribution in [0.25, 0.3) is 0 Å². The summed E-state index contributed by atoms with van der Waals surface area (Å²) in [5.74, 6) is 1.69. The molecule has 3 aromatic rings. The average molecular weight is 347 g/mol. The molecule has 1 saturated carbocycles. The second kappa shape index (κ2) is 6.37. The van der Waals surface area contributed by atoms with Gasteiger partial charge in [0, 0.05) is 24.2 Å². The van der Waals surface area contributed by atoms with Gasteiger partial charge in [-0.1, -0.05) is 11.8 Å². The lowest BCUT2D eigenvalue weighted by atomic mass is 10.4. The summed E-state index contributed by atoms with van der Waals surface area (Å²) >= 11 is 3.37. The van der Waals surface area contributed by atoms with Gasteiger partial charge in [-0.05, 0) is 25.0 Å². The fraction of sp³-hybridized carbons (Fsp3) is 0.400. The monoisotopic (exact) mass is 347 g/mol. The Hall–Kier alpha value is -1.80. The van der Waals surface area contributed by atoms with Crippen molar-refractivity contribution in [2.24, 2.45) is 0 Å². The first-order chi connectivity index (χ1) is 11.3. The molecule has 0 aromatic carbocycles. The van der Waals surface area contributed by atoms with Gasteiger partial charge in [0.1, 0.15) is 12.1 Å². The van der Waals surface area contributed by atoms with E-state index in [0.29, 0.717) is 12.6 Å². The minimum Gasteiger partial charge on any atom is -0.467 e. The Bertz CT molecular complexity index is 763. The van der Waals surface area contributed by atoms with Gasteiger partial charge in [-0.3, -0.25) is 0 Å². The molecule has 0 bridgehead atoms. The molecular weight excluding hydrogens is 330 g/mol. The highest BCUT2D eigenvalue weighted by Crippen LogP contribution is 2.33. The summed E-state index contributed by atoms with van der Waals surface area (Å²) in [4.78, 5) is 7.01. The van der Waals surface area contributed by atoms with Crippen molar-refractivity contribution in [1.82, 2.24) is 19.7 Å². The smallest absolute Gasteiger partial charge is 0.191 e. The van der Waals surface area contributed by atoms with Crippen molar-refractivity contribution in [2.45, 2.75) is 36.3 Å². The highest BCUT2D eigenvalue weighted by atomic mass is 32.2. The lowest BCUT2D eigenvalue weighted by Crippen LogP contribution is -2.18. The van der Waals surface area contributed by atoms with Crippen LogP contribution in [0.2, 0.25) is 0 Å². The average Bonchev–Trinajstić information content (AvgIpc) is 2.95. The third kappa shape index (κ3) is 3.42. The van der Waals surface area contributed by atoms with E-state index in [9.17, 15) is 0 Å². The molecule has 1 fully saturated rings. The van der Waals surface area contributed by atoms with E-state index in [-0.39, 0.29) is 0 Å². The summed E-state index contributed by atoms with van der Waals surface area (Å²) in [6.45, 7) is 0.648. The van der Waals surface area contributed by atoms with Crippen LogP contribution in [0, 0.1) is 0 Å². The molecule has 4 rings (SSSR count). The van der Waals surface area contributed by atoms with Crippen LogP contribution >= 0.6 is 23.1 Å². The van der Waals surface area contributed by atoms with Crippen LogP contribution in [0.4, 0.5) is 5.13 Å². The van der Waals surface area contributed by atoms with Crippen LogP contribution in [0.3, 0.4) is 0 Å². The number of anilines is 1. The summed E-state index contributed by atoms with van der Waals surface area (Å²) in [6, 6.07) is 4.53. The molecule has 3 aromatic heterocycles. The van der Waals surface area contributed by atoms with Crippen LogP contribution in [0.15, 0.2) is 39.7 Å². The Morgan fingerprint density at radius 2 is 2.39 bits per heavy atom. The molecule has 0 aliphatic heterocycles. The summed E-state index contributed by atoms with van der Waals surface area (Å²) in [5, 5.41) is 12.3. The fourth-order valence-corrected chi connectivity index (χ4v) is 4.09. The Kier molecular flexibility index (Phi) is 4.09. The normalized spacial score (nSPS) is 14.3. The van der Waals surface area contributed by atoms with Crippen LogP contribution in [0.5, 0.6) is 0 Å². The zero-order valence-electron chi connectivity index (χ0n) is 12.8. The van der Waals surface area contributed by atoms with Crippen molar-refractivity contribution < 1.29 is 4.42 Å². The summed E-state index contributed by atoms with van der Waals surface area (Å²) in [6.07, 6.45) is 5.99. The van der Waals surface area contributed by atoms with Crippen LogP contribution < -0.4 is 4.90 Å². The second-order valence-corrected chi connectivity index (χ2v) is 7.35. The number of thioether (sulfide) groups is 1. The van der Waals surface area contributed by atoms with Gasteiger partial charge in [0.05, 0.1) is 18.5 Å². The van der Waals surface area contributed by atoms with Gasteiger partial charge in [-0.2, -0.15) is 0 Å². The Balaban J connectivity index is 1.38. The molecule has 1 aliphatic rings. The third-order valence-corrected chi connectivity index (χ3v) is 5.77. The second-order valence-electron chi connectivity index (χ2n) is 5.57. The fourth-order valence-electron chi connectivity index (χ4n) is 2.32. The molecule has 0 spiro atoms. The third-order valence-electron chi connectivity index (χ3n) is 3.77. The van der Waals surface area contributed by atoms with Gasteiger partial charge < -0.3 is 13.9 Å². The first kappa shape index (κ1) is 14.8. The van der Waals surface area contributed by atoms with Gasteiger partial charge in [-0.15, -0.1) is 21.5 Å². The number of hydrogen-bond acceptors (Lipinski definition) is 7. The first-order valence-corrected chi connectivity index (χ1v) is 9.36. The molecule has 0 atom stereocenters. The van der Waals surface area contributed by atoms with Gasteiger partial charge >= 0.3 is 0 Å². The van der Waals surface area contributed by atoms with Crippen LogP contribution in [-0.4, -0.2) is 32.8 Å². The van der Waals surface area contributed by atoms with E-state index in [1.54, 1.807) is 35.7 Å². The van der Waals surface area contributed by atoms with Crippen molar-refractivity contribution >= 4 is 28.2 Å². The van der Waals surface area contributed by atoms with E-state index >= 15 is 0 Å². The molecule has 23 heavy (non-hydrogen) atoms. The van der Waals surface area contributed by atoms with Gasteiger partial charge in [0.25, 0.3) is 0 Å². The van der Waals surface area contributed by atoms with Crippen molar-refractivity contribution in [3.8, 4) is 0 Å². The SMILES string of the molecule is CN(c1nc(CSc2nncn2Cc2ccco2)cs1)C1CC1. The minimum absolute atomic E-state index is 0.648. The maximum absolute atomic E-state index is 5.38. The molecule has 8 heteroatoms. The molecule has 3 heterocycles. The highest BCUT2D eigenvalue weighted by Gasteiger charge is 2.27. The zero-order chi connectivity index (χ0) is 15.6. The molecule has 1 aliphatic carbocycles. The maximum atomic E-state index is 5.38. The van der Waals surface area contributed by atoms with Crippen molar-refractivity contribution in [1.29, 1.82) is 0 Å². The maximum Gasteiger partial charge on any atom is 0.191 e. The number of aromatic nitrogens is 4. The lowest BCUT2D eigenvalue weighted by Gasteiger charge is -2.13. The van der Waals surface area contributed by atoms with E-state index in [1.807, 2.05) is 16.7 Å². The van der Waals surface area contributed by atoms with Gasteiger partial charge in [0.2, 0.25) is 0 Å². The van der Waals surface area contributed by atoms with Crippen molar-refractivity contribution in [3.63, 3.8) is 0 Å². The standard InChI is InChI=1S/C15H17N5OS2/c1-19(12-4-5-12)14-17-11(8-22-14)9-23-15-18-16-10-20(15)7-13-3-2-6-21-13/h2-3,6,8,10,12H,4-5,7,9H2,1H3. The number of furan rings is 1. The molecule has 0 amide bonds. The number of hydrogen-bond donors (Lipinski definition) is 0. The summed E-state index contributed by atoms with van der Waals surface area (Å²) in [7, 11) is 2.13. The molecule has 0 unspecified atom stereocenters. The molecular formula is C15H17N5OS2. The quantitative estimate of drug-likeness (QED) is 0.611. The Morgan fingerprint density at radius 1 is 1.48 bits per heavy atom. The van der Waals surface area contributed by atoms with Crippen molar-refractivity contribution in [2.75, 3.05) is 11.9 Å². The summed E-state index contributed by atoms with van der Waals surface area (Å²) in [5.41, 5.74) is 1.09. The van der Waals surface area contributed by atoms with E-state index in [1.165, 1.54) is 12.8 Å². The van der Waals surface area contributed by atoms with Gasteiger partial charge in [-0.25, -0.2) is 4.98 Å². The van der Waals surface area contributed by atoms with E-state index < -0.39 is 0 Å². The largest absolute Gasteiger partial charge is 0.467 e. The lowest BCUT2D eigenvalue weighted by molar-refractivity contribution is 0.484.